The monoisotopic (exact) mass is 334 g/mol. The molecular weight excluding hydrogens is 300 g/mol. The van der Waals surface area contributed by atoms with Gasteiger partial charge in [0.25, 0.3) is 0 Å². The van der Waals surface area contributed by atoms with Crippen LogP contribution in [0.2, 0.25) is 0 Å². The van der Waals surface area contributed by atoms with Crippen LogP contribution in [0.3, 0.4) is 0 Å². The van der Waals surface area contributed by atoms with Crippen molar-refractivity contribution in [1.82, 2.24) is 0 Å². The van der Waals surface area contributed by atoms with Crippen molar-refractivity contribution in [2.45, 2.75) is 84.0 Å². The first kappa shape index (κ1) is 17.1. The predicted octanol–water partition coefficient (Wildman–Crippen LogP) is 3.28. The molecule has 0 aromatic carbocycles. The maximum absolute atomic E-state index is 11.1. The Morgan fingerprint density at radius 1 is 0.917 bits per heavy atom. The standard InChI is InChI=1S/C21H34O3/c1-4-12-5-6-14-17-15(8-10-20(12,14)2)21(3)9-7-13(22)11-16(21)18(23)19(17)24/h4,13-19,22-24H,5-11H2,1-3H3/b12-4-/t13-,14?,15?,16?,17?,18+,19+,20+,21+/m0/s1. The molecule has 0 spiro atoms. The highest BCUT2D eigenvalue weighted by atomic mass is 16.3. The molecular formula is C21H34O3. The summed E-state index contributed by atoms with van der Waals surface area (Å²) in [5.74, 6) is 1.25. The molecule has 9 atom stereocenters. The fraction of sp³-hybridized carbons (Fsp3) is 0.905. The zero-order valence-electron chi connectivity index (χ0n) is 15.4. The first-order chi connectivity index (χ1) is 11.3. The molecule has 3 nitrogen and oxygen atoms in total. The third-order valence-corrected chi connectivity index (χ3v) is 8.92. The Morgan fingerprint density at radius 3 is 2.38 bits per heavy atom. The van der Waals surface area contributed by atoms with Crippen LogP contribution in [-0.2, 0) is 0 Å². The number of aliphatic hydroxyl groups excluding tert-OH is 3. The molecule has 4 unspecified atom stereocenters. The summed E-state index contributed by atoms with van der Waals surface area (Å²) in [6.45, 7) is 6.89. The molecule has 24 heavy (non-hydrogen) atoms. The van der Waals surface area contributed by atoms with Gasteiger partial charge < -0.3 is 15.3 Å². The molecule has 136 valence electrons. The maximum atomic E-state index is 11.1. The second-order valence-electron chi connectivity index (χ2n) is 9.62. The lowest BCUT2D eigenvalue weighted by Crippen LogP contribution is -2.63. The molecule has 0 bridgehead atoms. The molecule has 4 aliphatic carbocycles. The van der Waals surface area contributed by atoms with Crippen LogP contribution in [0.5, 0.6) is 0 Å². The van der Waals surface area contributed by atoms with Gasteiger partial charge in [0, 0.05) is 0 Å². The second-order valence-corrected chi connectivity index (χ2v) is 9.62. The van der Waals surface area contributed by atoms with Crippen LogP contribution >= 0.6 is 0 Å². The van der Waals surface area contributed by atoms with E-state index >= 15 is 0 Å². The predicted molar refractivity (Wildman–Crippen MR) is 94.3 cm³/mol. The zero-order chi connectivity index (χ0) is 17.3. The van der Waals surface area contributed by atoms with Gasteiger partial charge in [-0.15, -0.1) is 0 Å². The summed E-state index contributed by atoms with van der Waals surface area (Å²) in [6.07, 6.45) is 7.86. The fourth-order valence-electron chi connectivity index (χ4n) is 7.56. The molecule has 0 aromatic heterocycles. The van der Waals surface area contributed by atoms with E-state index in [0.717, 1.165) is 32.1 Å². The minimum Gasteiger partial charge on any atom is -0.393 e. The van der Waals surface area contributed by atoms with E-state index in [1.807, 2.05) is 0 Å². The minimum absolute atomic E-state index is 0.0458. The summed E-state index contributed by atoms with van der Waals surface area (Å²) in [7, 11) is 0. The number of fused-ring (bicyclic) bond motifs is 5. The number of rotatable bonds is 0. The van der Waals surface area contributed by atoms with E-state index in [1.165, 1.54) is 6.42 Å². The number of aliphatic hydroxyl groups is 3. The Bertz CT molecular complexity index is 543. The van der Waals surface area contributed by atoms with E-state index < -0.39 is 12.2 Å². The van der Waals surface area contributed by atoms with Crippen molar-refractivity contribution in [1.29, 1.82) is 0 Å². The van der Waals surface area contributed by atoms with Gasteiger partial charge in [-0.3, -0.25) is 0 Å². The molecule has 0 aromatic rings. The number of hydrogen-bond donors (Lipinski definition) is 3. The Kier molecular flexibility index (Phi) is 3.95. The van der Waals surface area contributed by atoms with E-state index in [2.05, 4.69) is 26.8 Å². The van der Waals surface area contributed by atoms with E-state index in [4.69, 9.17) is 0 Å². The maximum Gasteiger partial charge on any atom is 0.0836 e. The van der Waals surface area contributed by atoms with Gasteiger partial charge in [-0.25, -0.2) is 0 Å². The van der Waals surface area contributed by atoms with Crippen LogP contribution < -0.4 is 0 Å². The van der Waals surface area contributed by atoms with Crippen molar-refractivity contribution in [3.05, 3.63) is 11.6 Å². The smallest absolute Gasteiger partial charge is 0.0836 e. The van der Waals surface area contributed by atoms with Crippen LogP contribution in [0.4, 0.5) is 0 Å². The summed E-state index contributed by atoms with van der Waals surface area (Å²) in [4.78, 5) is 0. The third-order valence-electron chi connectivity index (χ3n) is 8.92. The van der Waals surface area contributed by atoms with Crippen molar-refractivity contribution in [2.75, 3.05) is 0 Å². The lowest BCUT2D eigenvalue weighted by Gasteiger charge is -2.63. The molecule has 0 heterocycles. The van der Waals surface area contributed by atoms with Gasteiger partial charge in [-0.1, -0.05) is 25.5 Å². The van der Waals surface area contributed by atoms with Gasteiger partial charge in [0.05, 0.1) is 18.3 Å². The van der Waals surface area contributed by atoms with E-state index in [9.17, 15) is 15.3 Å². The Labute approximate surface area is 146 Å². The first-order valence-corrected chi connectivity index (χ1v) is 10.0. The van der Waals surface area contributed by atoms with Crippen molar-refractivity contribution >= 4 is 0 Å². The van der Waals surface area contributed by atoms with Gasteiger partial charge in [-0.05, 0) is 86.4 Å². The zero-order valence-corrected chi connectivity index (χ0v) is 15.4. The summed E-state index contributed by atoms with van der Waals surface area (Å²) in [5.41, 5.74) is 1.86. The molecule has 0 saturated heterocycles. The van der Waals surface area contributed by atoms with Crippen LogP contribution in [-0.4, -0.2) is 33.6 Å². The molecule has 4 fully saturated rings. The van der Waals surface area contributed by atoms with Crippen molar-refractivity contribution < 1.29 is 15.3 Å². The molecule has 3 heteroatoms. The van der Waals surface area contributed by atoms with Gasteiger partial charge in [-0.2, -0.15) is 0 Å². The second kappa shape index (κ2) is 5.56. The van der Waals surface area contributed by atoms with Gasteiger partial charge in [0.15, 0.2) is 0 Å². The van der Waals surface area contributed by atoms with Crippen LogP contribution in [0.15, 0.2) is 11.6 Å². The molecule has 0 amide bonds. The van der Waals surface area contributed by atoms with Crippen molar-refractivity contribution in [3.63, 3.8) is 0 Å². The Morgan fingerprint density at radius 2 is 1.67 bits per heavy atom. The molecule has 4 aliphatic rings. The fourth-order valence-corrected chi connectivity index (χ4v) is 7.56. The lowest BCUT2D eigenvalue weighted by atomic mass is 9.43. The van der Waals surface area contributed by atoms with Crippen molar-refractivity contribution in [2.24, 2.45) is 34.5 Å². The minimum atomic E-state index is -0.678. The summed E-state index contributed by atoms with van der Waals surface area (Å²) in [6, 6.07) is 0. The molecule has 0 aliphatic heterocycles. The first-order valence-electron chi connectivity index (χ1n) is 10.0. The highest BCUT2D eigenvalue weighted by molar-refractivity contribution is 5.25. The van der Waals surface area contributed by atoms with Crippen LogP contribution in [0, 0.1) is 34.5 Å². The average molecular weight is 334 g/mol. The summed E-state index contributed by atoms with van der Waals surface area (Å²) < 4.78 is 0. The van der Waals surface area contributed by atoms with E-state index in [0.29, 0.717) is 18.3 Å². The topological polar surface area (TPSA) is 60.7 Å². The van der Waals surface area contributed by atoms with Gasteiger partial charge in [0.2, 0.25) is 0 Å². The highest BCUT2D eigenvalue weighted by Gasteiger charge is 2.63. The Balaban J connectivity index is 1.73. The lowest BCUT2D eigenvalue weighted by molar-refractivity contribution is -0.217. The van der Waals surface area contributed by atoms with Gasteiger partial charge in [0.1, 0.15) is 0 Å². The van der Waals surface area contributed by atoms with Crippen molar-refractivity contribution in [3.8, 4) is 0 Å². The SMILES string of the molecule is C/C=C1/CCC2C3C(CC[C@]12C)[C@@]1(C)CC[C@H](O)CC1[C@@H](O)[C@@H]3O. The number of allylic oxidation sites excluding steroid dienone is 2. The Hall–Kier alpha value is -0.380. The van der Waals surface area contributed by atoms with E-state index in [1.54, 1.807) is 5.57 Å². The molecule has 4 rings (SSSR count). The van der Waals surface area contributed by atoms with Crippen LogP contribution in [0.1, 0.15) is 65.7 Å². The summed E-state index contributed by atoms with van der Waals surface area (Å²) in [5, 5.41) is 32.1. The average Bonchev–Trinajstić information content (AvgIpc) is 2.90. The van der Waals surface area contributed by atoms with E-state index in [-0.39, 0.29) is 28.8 Å². The normalized spacial score (nSPS) is 58.9. The highest BCUT2D eigenvalue weighted by Crippen LogP contribution is 2.67. The molecule has 3 N–H and O–H groups in total. The summed E-state index contributed by atoms with van der Waals surface area (Å²) >= 11 is 0. The number of hydrogen-bond acceptors (Lipinski definition) is 3. The molecule has 4 saturated carbocycles. The van der Waals surface area contributed by atoms with Crippen LogP contribution in [0.25, 0.3) is 0 Å². The van der Waals surface area contributed by atoms with Gasteiger partial charge >= 0.3 is 0 Å². The molecule has 0 radical (unpaired) electrons. The quantitative estimate of drug-likeness (QED) is 0.596. The third kappa shape index (κ3) is 2.07. The largest absolute Gasteiger partial charge is 0.393 e.